The Morgan fingerprint density at radius 2 is 1.50 bits per heavy atom. The summed E-state index contributed by atoms with van der Waals surface area (Å²) in [4.78, 5) is 11.2. The number of carboxylic acid groups (broad SMARTS) is 1. The van der Waals surface area contributed by atoms with E-state index in [1.165, 1.54) is 11.1 Å². The Labute approximate surface area is 119 Å². The van der Waals surface area contributed by atoms with E-state index in [4.69, 9.17) is 0 Å². The molecule has 20 heavy (non-hydrogen) atoms. The lowest BCUT2D eigenvalue weighted by atomic mass is 9.52. The average molecular weight is 266 g/mol. The molecule has 3 rings (SSSR count). The van der Waals surface area contributed by atoms with Crippen LogP contribution in [0.15, 0.2) is 60.7 Å². The molecule has 2 aromatic carbocycles. The quantitative estimate of drug-likeness (QED) is 0.912. The number of carbonyl (C=O) groups is 1. The summed E-state index contributed by atoms with van der Waals surface area (Å²) in [6.07, 6.45) is 2.25. The molecule has 1 aliphatic carbocycles. The minimum atomic E-state index is -0.703. The lowest BCUT2D eigenvalue weighted by Gasteiger charge is -2.50. The van der Waals surface area contributed by atoms with E-state index < -0.39 is 5.97 Å². The van der Waals surface area contributed by atoms with Gasteiger partial charge in [-0.25, -0.2) is 0 Å². The summed E-state index contributed by atoms with van der Waals surface area (Å²) >= 11 is 0. The summed E-state index contributed by atoms with van der Waals surface area (Å²) in [6.45, 7) is 0. The van der Waals surface area contributed by atoms with Crippen LogP contribution in [-0.4, -0.2) is 11.1 Å². The highest BCUT2D eigenvalue weighted by Crippen LogP contribution is 2.54. The minimum absolute atomic E-state index is 0.124. The van der Waals surface area contributed by atoms with Crippen LogP contribution in [0.2, 0.25) is 0 Å². The SMILES string of the molecule is O=C(O)CC1CCC1(c1ccccc1)c1ccccc1. The van der Waals surface area contributed by atoms with Crippen LogP contribution in [0.4, 0.5) is 0 Å². The second-order valence-electron chi connectivity index (χ2n) is 5.54. The average Bonchev–Trinajstić information content (AvgIpc) is 2.46. The summed E-state index contributed by atoms with van der Waals surface area (Å²) in [5, 5.41) is 9.17. The van der Waals surface area contributed by atoms with Gasteiger partial charge in [-0.2, -0.15) is 0 Å². The zero-order chi connectivity index (χ0) is 14.0. The molecule has 2 nitrogen and oxygen atoms in total. The van der Waals surface area contributed by atoms with Crippen LogP contribution >= 0.6 is 0 Å². The molecule has 102 valence electrons. The van der Waals surface area contributed by atoms with Gasteiger partial charge in [-0.15, -0.1) is 0 Å². The maximum atomic E-state index is 11.2. The fourth-order valence-corrected chi connectivity index (χ4v) is 3.52. The first-order valence-corrected chi connectivity index (χ1v) is 7.06. The topological polar surface area (TPSA) is 37.3 Å². The maximum Gasteiger partial charge on any atom is 0.303 e. The summed E-state index contributed by atoms with van der Waals surface area (Å²) in [5.74, 6) is -0.518. The van der Waals surface area contributed by atoms with E-state index in [-0.39, 0.29) is 17.8 Å². The van der Waals surface area contributed by atoms with Crippen LogP contribution < -0.4 is 0 Å². The van der Waals surface area contributed by atoms with E-state index >= 15 is 0 Å². The first-order chi connectivity index (χ1) is 9.73. The van der Waals surface area contributed by atoms with Crippen molar-refractivity contribution in [3.05, 3.63) is 71.8 Å². The molecule has 2 heteroatoms. The molecule has 0 aliphatic heterocycles. The van der Waals surface area contributed by atoms with Crippen LogP contribution in [0.1, 0.15) is 30.4 Å². The zero-order valence-corrected chi connectivity index (χ0v) is 11.3. The summed E-state index contributed by atoms with van der Waals surface area (Å²) in [6, 6.07) is 20.7. The van der Waals surface area contributed by atoms with Crippen LogP contribution in [-0.2, 0) is 10.2 Å². The van der Waals surface area contributed by atoms with E-state index in [2.05, 4.69) is 24.3 Å². The third-order valence-electron chi connectivity index (χ3n) is 4.58. The molecular formula is C18H18O2. The Kier molecular flexibility index (Phi) is 3.31. The van der Waals surface area contributed by atoms with Crippen molar-refractivity contribution in [2.24, 2.45) is 5.92 Å². The summed E-state index contributed by atoms with van der Waals surface area (Å²) in [7, 11) is 0. The third-order valence-corrected chi connectivity index (χ3v) is 4.58. The van der Waals surface area contributed by atoms with Crippen molar-refractivity contribution < 1.29 is 9.90 Å². The van der Waals surface area contributed by atoms with Crippen LogP contribution in [0.25, 0.3) is 0 Å². The number of benzene rings is 2. The van der Waals surface area contributed by atoms with Gasteiger partial charge in [0.05, 0.1) is 0 Å². The van der Waals surface area contributed by atoms with E-state index in [1.54, 1.807) is 0 Å². The van der Waals surface area contributed by atoms with E-state index in [0.717, 1.165) is 12.8 Å². The van der Waals surface area contributed by atoms with E-state index in [9.17, 15) is 9.90 Å². The smallest absolute Gasteiger partial charge is 0.303 e. The molecule has 1 unspecified atom stereocenters. The van der Waals surface area contributed by atoms with Gasteiger partial charge in [0.25, 0.3) is 0 Å². The maximum absolute atomic E-state index is 11.2. The normalized spacial score (nSPS) is 20.1. The van der Waals surface area contributed by atoms with Crippen molar-refractivity contribution >= 4 is 5.97 Å². The standard InChI is InChI=1S/C18H18O2/c19-17(20)13-16-11-12-18(16,14-7-3-1-4-8-14)15-9-5-2-6-10-15/h1-10,16H,11-13H2,(H,19,20). The summed E-state index contributed by atoms with van der Waals surface area (Å²) in [5.41, 5.74) is 2.35. The highest BCUT2D eigenvalue weighted by atomic mass is 16.4. The van der Waals surface area contributed by atoms with Gasteiger partial charge in [0.2, 0.25) is 0 Å². The van der Waals surface area contributed by atoms with Crippen molar-refractivity contribution in [1.82, 2.24) is 0 Å². The van der Waals surface area contributed by atoms with Gasteiger partial charge in [0.1, 0.15) is 0 Å². The Balaban J connectivity index is 2.07. The third kappa shape index (κ3) is 2.01. The number of hydrogen-bond acceptors (Lipinski definition) is 1. The molecule has 1 atom stereocenters. The zero-order valence-electron chi connectivity index (χ0n) is 11.3. The molecule has 1 fully saturated rings. The van der Waals surface area contributed by atoms with Crippen molar-refractivity contribution in [3.63, 3.8) is 0 Å². The predicted octanol–water partition coefficient (Wildman–Crippen LogP) is 3.86. The number of rotatable bonds is 4. The lowest BCUT2D eigenvalue weighted by molar-refractivity contribution is -0.139. The van der Waals surface area contributed by atoms with Gasteiger partial charge in [0, 0.05) is 11.8 Å². The van der Waals surface area contributed by atoms with Gasteiger partial charge in [-0.3, -0.25) is 4.79 Å². The van der Waals surface area contributed by atoms with Crippen LogP contribution in [0.5, 0.6) is 0 Å². The Hall–Kier alpha value is -2.09. The molecule has 1 N–H and O–H groups in total. The molecule has 0 radical (unpaired) electrons. The Bertz CT molecular complexity index is 550. The largest absolute Gasteiger partial charge is 0.481 e. The number of aliphatic carboxylic acids is 1. The fourth-order valence-electron chi connectivity index (χ4n) is 3.52. The molecule has 0 spiro atoms. The molecule has 0 saturated heterocycles. The fraction of sp³-hybridized carbons (Fsp3) is 0.278. The highest BCUT2D eigenvalue weighted by molar-refractivity contribution is 5.68. The van der Waals surface area contributed by atoms with E-state index in [0.29, 0.717) is 0 Å². The van der Waals surface area contributed by atoms with Crippen LogP contribution in [0, 0.1) is 5.92 Å². The molecule has 2 aromatic rings. The van der Waals surface area contributed by atoms with Gasteiger partial charge >= 0.3 is 5.97 Å². The molecule has 0 aromatic heterocycles. The van der Waals surface area contributed by atoms with Crippen molar-refractivity contribution in [2.45, 2.75) is 24.7 Å². The number of hydrogen-bond donors (Lipinski definition) is 1. The second-order valence-corrected chi connectivity index (χ2v) is 5.54. The van der Waals surface area contributed by atoms with Gasteiger partial charge in [0.15, 0.2) is 0 Å². The van der Waals surface area contributed by atoms with Gasteiger partial charge < -0.3 is 5.11 Å². The van der Waals surface area contributed by atoms with Crippen molar-refractivity contribution in [1.29, 1.82) is 0 Å². The first-order valence-electron chi connectivity index (χ1n) is 7.06. The minimum Gasteiger partial charge on any atom is -0.481 e. The van der Waals surface area contributed by atoms with Crippen LogP contribution in [0.3, 0.4) is 0 Å². The van der Waals surface area contributed by atoms with E-state index in [1.807, 2.05) is 36.4 Å². The van der Waals surface area contributed by atoms with Gasteiger partial charge in [-0.05, 0) is 29.9 Å². The van der Waals surface area contributed by atoms with Gasteiger partial charge in [-0.1, -0.05) is 60.7 Å². The molecule has 0 amide bonds. The molecule has 0 heterocycles. The highest BCUT2D eigenvalue weighted by Gasteiger charge is 2.49. The second kappa shape index (κ2) is 5.12. The molecule has 1 aliphatic rings. The lowest BCUT2D eigenvalue weighted by Crippen LogP contribution is -2.46. The molecular weight excluding hydrogens is 248 g/mol. The van der Waals surface area contributed by atoms with Crippen molar-refractivity contribution in [2.75, 3.05) is 0 Å². The Morgan fingerprint density at radius 3 is 1.85 bits per heavy atom. The predicted molar refractivity (Wildman–Crippen MR) is 78.6 cm³/mol. The molecule has 1 saturated carbocycles. The number of carboxylic acids is 1. The summed E-state index contributed by atoms with van der Waals surface area (Å²) < 4.78 is 0. The van der Waals surface area contributed by atoms with Crippen molar-refractivity contribution in [3.8, 4) is 0 Å². The Morgan fingerprint density at radius 1 is 1.00 bits per heavy atom. The monoisotopic (exact) mass is 266 g/mol. The first kappa shape index (κ1) is 12.9. The molecule has 0 bridgehead atoms.